The first kappa shape index (κ1) is 23.4. The summed E-state index contributed by atoms with van der Waals surface area (Å²) in [5, 5.41) is 14.4. The van der Waals surface area contributed by atoms with Crippen molar-refractivity contribution in [2.24, 2.45) is 0 Å². The van der Waals surface area contributed by atoms with Crippen LogP contribution < -0.4 is 10.6 Å². The first-order valence-electron chi connectivity index (χ1n) is 9.72. The zero-order valence-corrected chi connectivity index (χ0v) is 19.0. The number of carbonyl (C=O) groups excluding carboxylic acids is 2. The maximum atomic E-state index is 12.6. The maximum Gasteiger partial charge on any atom is 0.335 e. The molecule has 1 unspecified atom stereocenters. The molecule has 3 N–H and O–H groups in total. The van der Waals surface area contributed by atoms with Crippen LogP contribution in [0.15, 0.2) is 71.6 Å². The second-order valence-corrected chi connectivity index (χ2v) is 8.86. The second-order valence-electron chi connectivity index (χ2n) is 7.04. The van der Waals surface area contributed by atoms with Crippen molar-refractivity contribution in [1.29, 1.82) is 0 Å². The van der Waals surface area contributed by atoms with E-state index < -0.39 is 11.2 Å². The minimum Gasteiger partial charge on any atom is -0.478 e. The summed E-state index contributed by atoms with van der Waals surface area (Å²) in [5.74, 6) is -1.60. The van der Waals surface area contributed by atoms with E-state index in [4.69, 9.17) is 16.7 Å². The van der Waals surface area contributed by atoms with Crippen LogP contribution >= 0.6 is 23.4 Å². The average Bonchev–Trinajstić information content (AvgIpc) is 2.76. The summed E-state index contributed by atoms with van der Waals surface area (Å²) in [5.41, 5.74) is 2.44. The lowest BCUT2D eigenvalue weighted by Crippen LogP contribution is -2.22. The fourth-order valence-corrected chi connectivity index (χ4v) is 3.92. The number of carboxylic acids is 1. The van der Waals surface area contributed by atoms with Gasteiger partial charge in [0, 0.05) is 16.1 Å². The van der Waals surface area contributed by atoms with E-state index in [1.807, 2.05) is 37.3 Å². The highest BCUT2D eigenvalue weighted by molar-refractivity contribution is 8.00. The van der Waals surface area contributed by atoms with Gasteiger partial charge in [-0.1, -0.05) is 29.8 Å². The third-order valence-electron chi connectivity index (χ3n) is 4.66. The predicted molar refractivity (Wildman–Crippen MR) is 128 cm³/mol. The van der Waals surface area contributed by atoms with E-state index in [9.17, 15) is 14.4 Å². The number of aryl methyl sites for hydroxylation is 1. The molecular formula is C24H21ClN2O4S. The Hall–Kier alpha value is -3.29. The lowest BCUT2D eigenvalue weighted by atomic mass is 10.1. The number of nitrogens with one attached hydrogen (secondary N) is 2. The highest BCUT2D eigenvalue weighted by Gasteiger charge is 2.17. The van der Waals surface area contributed by atoms with Gasteiger partial charge in [0.2, 0.25) is 5.91 Å². The van der Waals surface area contributed by atoms with Crippen molar-refractivity contribution >= 4 is 52.5 Å². The Morgan fingerprint density at radius 1 is 0.969 bits per heavy atom. The Labute approximate surface area is 195 Å². The van der Waals surface area contributed by atoms with Gasteiger partial charge in [0.15, 0.2) is 0 Å². The number of anilines is 2. The van der Waals surface area contributed by atoms with E-state index in [0.29, 0.717) is 11.3 Å². The summed E-state index contributed by atoms with van der Waals surface area (Å²) in [6, 6.07) is 18.7. The molecule has 0 heterocycles. The molecule has 0 aliphatic carbocycles. The van der Waals surface area contributed by atoms with Crippen molar-refractivity contribution in [3.63, 3.8) is 0 Å². The first-order chi connectivity index (χ1) is 15.2. The molecule has 0 aliphatic heterocycles. The number of amides is 2. The van der Waals surface area contributed by atoms with Crippen LogP contribution in [0, 0.1) is 6.92 Å². The second kappa shape index (κ2) is 10.3. The molecule has 2 amide bonds. The van der Waals surface area contributed by atoms with Crippen molar-refractivity contribution in [2.45, 2.75) is 24.0 Å². The lowest BCUT2D eigenvalue weighted by molar-refractivity contribution is -0.115. The summed E-state index contributed by atoms with van der Waals surface area (Å²) >= 11 is 7.40. The molecule has 32 heavy (non-hydrogen) atoms. The van der Waals surface area contributed by atoms with Crippen LogP contribution in [0.2, 0.25) is 5.02 Å². The zero-order valence-electron chi connectivity index (χ0n) is 17.4. The van der Waals surface area contributed by atoms with Gasteiger partial charge in [-0.05, 0) is 67.9 Å². The number of thioether (sulfide) groups is 1. The largest absolute Gasteiger partial charge is 0.478 e. The van der Waals surface area contributed by atoms with E-state index >= 15 is 0 Å². The van der Waals surface area contributed by atoms with Gasteiger partial charge in [-0.3, -0.25) is 9.59 Å². The first-order valence-corrected chi connectivity index (χ1v) is 11.0. The smallest absolute Gasteiger partial charge is 0.335 e. The van der Waals surface area contributed by atoms with Crippen LogP contribution in [0.5, 0.6) is 0 Å². The fourth-order valence-electron chi connectivity index (χ4n) is 2.89. The molecule has 0 saturated heterocycles. The SMILES string of the molecule is Cc1ccccc1C(=O)Nc1ccc(SC(C)C(=O)Nc2cc(C(=O)O)ccc2Cl)cc1. The van der Waals surface area contributed by atoms with Crippen molar-refractivity contribution in [3.05, 3.63) is 88.4 Å². The normalized spacial score (nSPS) is 11.5. The Morgan fingerprint density at radius 2 is 1.66 bits per heavy atom. The Kier molecular flexibility index (Phi) is 7.56. The number of hydrogen-bond donors (Lipinski definition) is 3. The molecule has 0 bridgehead atoms. The molecule has 3 aromatic rings. The Morgan fingerprint density at radius 3 is 2.31 bits per heavy atom. The molecule has 0 spiro atoms. The summed E-state index contributed by atoms with van der Waals surface area (Å²) in [4.78, 5) is 37.0. The van der Waals surface area contributed by atoms with Crippen LogP contribution in [0.1, 0.15) is 33.2 Å². The number of halogens is 1. The minimum atomic E-state index is -1.10. The summed E-state index contributed by atoms with van der Waals surface area (Å²) in [6.07, 6.45) is 0. The number of carbonyl (C=O) groups is 3. The summed E-state index contributed by atoms with van der Waals surface area (Å²) in [6.45, 7) is 3.62. The molecule has 0 aromatic heterocycles. The Bertz CT molecular complexity index is 1160. The molecule has 0 fully saturated rings. The number of rotatable bonds is 7. The zero-order chi connectivity index (χ0) is 23.3. The van der Waals surface area contributed by atoms with Crippen molar-refractivity contribution < 1.29 is 19.5 Å². The summed E-state index contributed by atoms with van der Waals surface area (Å²) in [7, 11) is 0. The van der Waals surface area contributed by atoms with Crippen LogP contribution in [0.3, 0.4) is 0 Å². The average molecular weight is 469 g/mol. The third-order valence-corrected chi connectivity index (χ3v) is 6.10. The van der Waals surface area contributed by atoms with Gasteiger partial charge in [0.05, 0.1) is 21.5 Å². The Balaban J connectivity index is 1.61. The summed E-state index contributed by atoms with van der Waals surface area (Å²) < 4.78 is 0. The monoisotopic (exact) mass is 468 g/mol. The molecule has 6 nitrogen and oxygen atoms in total. The number of aromatic carboxylic acids is 1. The van der Waals surface area contributed by atoms with E-state index in [-0.39, 0.29) is 28.1 Å². The predicted octanol–water partition coefficient (Wildman–Crippen LogP) is 5.72. The van der Waals surface area contributed by atoms with Gasteiger partial charge in [-0.2, -0.15) is 0 Å². The van der Waals surface area contributed by atoms with Crippen LogP contribution in [-0.4, -0.2) is 28.1 Å². The highest BCUT2D eigenvalue weighted by atomic mass is 35.5. The molecule has 3 aromatic carbocycles. The van der Waals surface area contributed by atoms with Crippen LogP contribution in [0.25, 0.3) is 0 Å². The molecule has 0 saturated carbocycles. The molecule has 3 rings (SSSR count). The number of hydrogen-bond acceptors (Lipinski definition) is 4. The minimum absolute atomic E-state index is 0.0355. The van der Waals surface area contributed by atoms with Gasteiger partial charge in [0.25, 0.3) is 5.91 Å². The van der Waals surface area contributed by atoms with E-state index in [1.165, 1.54) is 30.0 Å². The van der Waals surface area contributed by atoms with Gasteiger partial charge < -0.3 is 15.7 Å². The standard InChI is InChI=1S/C24H21ClN2O4S/c1-14-5-3-4-6-19(14)23(29)26-17-8-10-18(11-9-17)32-15(2)22(28)27-21-13-16(24(30)31)7-12-20(21)25/h3-13,15H,1-2H3,(H,26,29)(H,27,28)(H,30,31). The fraction of sp³-hybridized carbons (Fsp3) is 0.125. The molecular weight excluding hydrogens is 448 g/mol. The van der Waals surface area contributed by atoms with Crippen molar-refractivity contribution in [2.75, 3.05) is 10.6 Å². The highest BCUT2D eigenvalue weighted by Crippen LogP contribution is 2.28. The molecule has 8 heteroatoms. The molecule has 1 atom stereocenters. The van der Waals surface area contributed by atoms with Gasteiger partial charge in [-0.15, -0.1) is 11.8 Å². The van der Waals surface area contributed by atoms with Gasteiger partial charge in [-0.25, -0.2) is 4.79 Å². The number of carboxylic acid groups (broad SMARTS) is 1. The topological polar surface area (TPSA) is 95.5 Å². The van der Waals surface area contributed by atoms with E-state index in [2.05, 4.69) is 10.6 Å². The van der Waals surface area contributed by atoms with E-state index in [1.54, 1.807) is 25.1 Å². The third kappa shape index (κ3) is 5.90. The quantitative estimate of drug-likeness (QED) is 0.385. The van der Waals surface area contributed by atoms with Gasteiger partial charge in [0.1, 0.15) is 0 Å². The van der Waals surface area contributed by atoms with Gasteiger partial charge >= 0.3 is 5.97 Å². The molecule has 164 valence electrons. The maximum absolute atomic E-state index is 12.6. The van der Waals surface area contributed by atoms with Crippen molar-refractivity contribution in [3.8, 4) is 0 Å². The van der Waals surface area contributed by atoms with Crippen LogP contribution in [0.4, 0.5) is 11.4 Å². The molecule has 0 aliphatic rings. The van der Waals surface area contributed by atoms with E-state index in [0.717, 1.165) is 10.5 Å². The lowest BCUT2D eigenvalue weighted by Gasteiger charge is -2.14. The van der Waals surface area contributed by atoms with Crippen LogP contribution in [-0.2, 0) is 4.79 Å². The van der Waals surface area contributed by atoms with Crippen molar-refractivity contribution in [1.82, 2.24) is 0 Å². The number of benzene rings is 3. The molecule has 0 radical (unpaired) electrons.